The molecule has 0 saturated heterocycles. The quantitative estimate of drug-likeness (QED) is 0.760. The second kappa shape index (κ2) is 5.81. The van der Waals surface area contributed by atoms with E-state index in [1.54, 1.807) is 0 Å². The Morgan fingerprint density at radius 3 is 2.59 bits per heavy atom. The van der Waals surface area contributed by atoms with Crippen LogP contribution in [0.15, 0.2) is 23.2 Å². The van der Waals surface area contributed by atoms with E-state index in [2.05, 4.69) is 5.10 Å². The summed E-state index contributed by atoms with van der Waals surface area (Å²) in [4.78, 5) is -0.172. The van der Waals surface area contributed by atoms with E-state index >= 15 is 0 Å². The van der Waals surface area contributed by atoms with Gasteiger partial charge in [0.15, 0.2) is 10.6 Å². The van der Waals surface area contributed by atoms with Crippen LogP contribution in [0.3, 0.4) is 0 Å². The molecule has 0 unspecified atom stereocenters. The summed E-state index contributed by atoms with van der Waals surface area (Å²) in [5, 5.41) is 4.22. The zero-order chi connectivity index (χ0) is 15.9. The van der Waals surface area contributed by atoms with Gasteiger partial charge < -0.3 is 8.92 Å². The highest BCUT2D eigenvalue weighted by atomic mass is 35.5. The van der Waals surface area contributed by atoms with Crippen molar-refractivity contribution in [2.75, 3.05) is 6.61 Å². The molecule has 0 fully saturated rings. The molecule has 1 aliphatic rings. The minimum absolute atomic E-state index is 0.0111. The molecule has 0 N–H and O–H groups in total. The summed E-state index contributed by atoms with van der Waals surface area (Å²) in [5.74, 6) is -0.0454. The molecule has 10 heteroatoms. The van der Waals surface area contributed by atoms with Crippen molar-refractivity contribution in [2.24, 2.45) is 0 Å². The van der Waals surface area contributed by atoms with Crippen molar-refractivity contribution in [2.45, 2.75) is 17.9 Å². The highest BCUT2D eigenvalue weighted by Crippen LogP contribution is 2.38. The van der Waals surface area contributed by atoms with Crippen LogP contribution in [0, 0.1) is 0 Å². The summed E-state index contributed by atoms with van der Waals surface area (Å²) in [6.45, 7) is 0.990. The Kier molecular flexibility index (Phi) is 4.15. The normalized spacial score (nSPS) is 14.3. The lowest BCUT2D eigenvalue weighted by molar-refractivity contribution is 0.224. The molecule has 2 aromatic rings. The number of aryl methyl sites for hydroxylation is 1. The molecule has 0 radical (unpaired) electrons. The Balaban J connectivity index is 2.00. The molecule has 118 valence electrons. The largest absolute Gasteiger partial charge is 0.477 e. The maximum Gasteiger partial charge on any atom is 0.346 e. The molecule has 1 aliphatic heterocycles. The molecule has 1 aromatic heterocycles. The summed E-state index contributed by atoms with van der Waals surface area (Å²) in [5.41, 5.74) is 0. The molecular formula is C12H9Cl3N2O4S. The van der Waals surface area contributed by atoms with E-state index < -0.39 is 10.1 Å². The molecule has 0 aliphatic carbocycles. The van der Waals surface area contributed by atoms with E-state index in [1.165, 1.54) is 23.0 Å². The maximum atomic E-state index is 12.4. The van der Waals surface area contributed by atoms with Gasteiger partial charge in [-0.05, 0) is 12.1 Å². The SMILES string of the molecule is O=S(=O)(Oc1c(Cl)cc(Cl)cc1Cl)c1cnn2c1OCCC2. The molecule has 3 rings (SSSR count). The number of nitrogens with zero attached hydrogens (tertiary/aromatic N) is 2. The van der Waals surface area contributed by atoms with Gasteiger partial charge in [0, 0.05) is 18.0 Å². The van der Waals surface area contributed by atoms with Crippen molar-refractivity contribution in [1.29, 1.82) is 0 Å². The van der Waals surface area contributed by atoms with Gasteiger partial charge in [-0.1, -0.05) is 34.8 Å². The maximum absolute atomic E-state index is 12.4. The van der Waals surface area contributed by atoms with Crippen molar-refractivity contribution in [3.8, 4) is 11.6 Å². The summed E-state index contributed by atoms with van der Waals surface area (Å²) in [6.07, 6.45) is 1.93. The van der Waals surface area contributed by atoms with Crippen LogP contribution in [0.25, 0.3) is 0 Å². The van der Waals surface area contributed by atoms with Crippen molar-refractivity contribution in [3.63, 3.8) is 0 Å². The minimum Gasteiger partial charge on any atom is -0.477 e. The fourth-order valence-corrected chi connectivity index (χ4v) is 4.01. The van der Waals surface area contributed by atoms with E-state index in [9.17, 15) is 8.42 Å². The number of hydrogen-bond acceptors (Lipinski definition) is 5. The van der Waals surface area contributed by atoms with Crippen LogP contribution in [-0.2, 0) is 16.7 Å². The first-order valence-corrected chi connectivity index (χ1v) is 8.70. The highest BCUT2D eigenvalue weighted by molar-refractivity contribution is 7.87. The fourth-order valence-electron chi connectivity index (χ4n) is 1.98. The number of benzene rings is 1. The van der Waals surface area contributed by atoms with Crippen LogP contribution >= 0.6 is 34.8 Å². The Morgan fingerprint density at radius 1 is 1.23 bits per heavy atom. The third kappa shape index (κ3) is 2.86. The van der Waals surface area contributed by atoms with Crippen LogP contribution in [0.2, 0.25) is 15.1 Å². The zero-order valence-electron chi connectivity index (χ0n) is 10.9. The van der Waals surface area contributed by atoms with Crippen LogP contribution in [0.1, 0.15) is 6.42 Å². The van der Waals surface area contributed by atoms with Gasteiger partial charge in [-0.3, -0.25) is 0 Å². The number of aromatic nitrogens is 2. The van der Waals surface area contributed by atoms with Gasteiger partial charge in [-0.2, -0.15) is 13.5 Å². The number of rotatable bonds is 3. The number of ether oxygens (including phenoxy) is 1. The predicted molar refractivity (Wildman–Crippen MR) is 81.6 cm³/mol. The summed E-state index contributed by atoms with van der Waals surface area (Å²) >= 11 is 17.7. The van der Waals surface area contributed by atoms with Gasteiger partial charge in [0.05, 0.1) is 22.8 Å². The van der Waals surface area contributed by atoms with Gasteiger partial charge >= 0.3 is 10.1 Å². The highest BCUT2D eigenvalue weighted by Gasteiger charge is 2.30. The van der Waals surface area contributed by atoms with Gasteiger partial charge in [0.2, 0.25) is 5.88 Å². The lowest BCUT2D eigenvalue weighted by Gasteiger charge is -2.16. The van der Waals surface area contributed by atoms with Crippen molar-refractivity contribution in [3.05, 3.63) is 33.4 Å². The second-order valence-corrected chi connectivity index (χ2v) is 7.24. The Hall–Kier alpha value is -1.15. The van der Waals surface area contributed by atoms with Crippen LogP contribution in [-0.4, -0.2) is 24.8 Å². The van der Waals surface area contributed by atoms with Crippen molar-refractivity contribution >= 4 is 44.9 Å². The average molecular weight is 384 g/mol. The van der Waals surface area contributed by atoms with Gasteiger partial charge in [0.1, 0.15) is 0 Å². The first kappa shape index (κ1) is 15.7. The van der Waals surface area contributed by atoms with Crippen LogP contribution < -0.4 is 8.92 Å². The number of halogens is 3. The summed E-state index contributed by atoms with van der Waals surface area (Å²) in [6, 6.07) is 2.67. The lowest BCUT2D eigenvalue weighted by Crippen LogP contribution is -2.17. The molecule has 1 aromatic carbocycles. The van der Waals surface area contributed by atoms with E-state index in [1.807, 2.05) is 0 Å². The topological polar surface area (TPSA) is 70.4 Å². The lowest BCUT2D eigenvalue weighted by atomic mass is 10.3. The molecule has 0 saturated carbocycles. The second-order valence-electron chi connectivity index (χ2n) is 4.48. The fraction of sp³-hybridized carbons (Fsp3) is 0.250. The smallest absolute Gasteiger partial charge is 0.346 e. The van der Waals surface area contributed by atoms with E-state index in [-0.39, 0.29) is 31.6 Å². The Morgan fingerprint density at radius 2 is 1.91 bits per heavy atom. The average Bonchev–Trinajstić information content (AvgIpc) is 2.87. The van der Waals surface area contributed by atoms with Crippen LogP contribution in [0.5, 0.6) is 11.6 Å². The van der Waals surface area contributed by atoms with Crippen molar-refractivity contribution < 1.29 is 17.3 Å². The monoisotopic (exact) mass is 382 g/mol. The Labute approximate surface area is 141 Å². The molecule has 0 atom stereocenters. The van der Waals surface area contributed by atoms with E-state index in [0.29, 0.717) is 13.2 Å². The molecule has 6 nitrogen and oxygen atoms in total. The summed E-state index contributed by atoms with van der Waals surface area (Å²) < 4.78 is 36.7. The first-order valence-electron chi connectivity index (χ1n) is 6.16. The Bertz CT molecular complexity index is 812. The minimum atomic E-state index is -4.19. The van der Waals surface area contributed by atoms with E-state index in [4.69, 9.17) is 43.7 Å². The molecule has 22 heavy (non-hydrogen) atoms. The third-order valence-electron chi connectivity index (χ3n) is 2.94. The van der Waals surface area contributed by atoms with E-state index in [0.717, 1.165) is 6.42 Å². The number of hydrogen-bond donors (Lipinski definition) is 0. The summed E-state index contributed by atoms with van der Waals surface area (Å²) in [7, 11) is -4.19. The van der Waals surface area contributed by atoms with Gasteiger partial charge in [-0.15, -0.1) is 0 Å². The molecule has 0 bridgehead atoms. The molecule has 0 amide bonds. The first-order chi connectivity index (χ1) is 10.4. The van der Waals surface area contributed by atoms with Crippen molar-refractivity contribution in [1.82, 2.24) is 9.78 Å². The zero-order valence-corrected chi connectivity index (χ0v) is 14.0. The molecule has 2 heterocycles. The van der Waals surface area contributed by atoms with Gasteiger partial charge in [-0.25, -0.2) is 4.68 Å². The van der Waals surface area contributed by atoms with Gasteiger partial charge in [0.25, 0.3) is 0 Å². The van der Waals surface area contributed by atoms with Crippen LogP contribution in [0.4, 0.5) is 0 Å². The standard InChI is InChI=1S/C12H9Cl3N2O4S/c13-7-4-8(14)11(9(15)5-7)21-22(18,19)10-6-16-17-2-1-3-20-12(10)17/h4-6H,1-3H2. The molecule has 0 spiro atoms. The number of fused-ring (bicyclic) bond motifs is 1. The molecular weight excluding hydrogens is 375 g/mol. The third-order valence-corrected chi connectivity index (χ3v) is 4.92. The predicted octanol–water partition coefficient (Wildman–Crippen LogP) is 3.39.